The van der Waals surface area contributed by atoms with Crippen LogP contribution in [0.5, 0.6) is 11.6 Å². The molecule has 0 bridgehead atoms. The molecular formula is C19H11F3N2O3. The average Bonchev–Trinajstić information content (AvgIpc) is 2.61. The Morgan fingerprint density at radius 2 is 1.63 bits per heavy atom. The van der Waals surface area contributed by atoms with Gasteiger partial charge in [0.25, 0.3) is 5.56 Å². The number of aromatic hydroxyl groups is 2. The van der Waals surface area contributed by atoms with Gasteiger partial charge < -0.3 is 10.2 Å². The molecule has 5 nitrogen and oxygen atoms in total. The Morgan fingerprint density at radius 1 is 0.926 bits per heavy atom. The topological polar surface area (TPSA) is 75.3 Å². The standard InChI is InChI=1S/C19H11F3N2O3/c20-19(21,22)15-8-12-14(25)9-16(26)23-17(12)18(27)24(15)13-7-3-5-10-4-1-2-6-11(10)13/h1-9H,(H2,23,25,26). The van der Waals surface area contributed by atoms with Gasteiger partial charge in [0.2, 0.25) is 5.88 Å². The summed E-state index contributed by atoms with van der Waals surface area (Å²) in [6.45, 7) is 0. The van der Waals surface area contributed by atoms with Crippen molar-refractivity contribution >= 4 is 21.7 Å². The molecule has 0 aliphatic rings. The van der Waals surface area contributed by atoms with E-state index in [1.165, 1.54) is 6.07 Å². The summed E-state index contributed by atoms with van der Waals surface area (Å²) in [5.74, 6) is -1.33. The maximum absolute atomic E-state index is 13.7. The SMILES string of the molecule is O=c1c2nc(O)cc(O)c2cc(C(F)(F)F)n1-c1cccc2ccccc12. The minimum Gasteiger partial charge on any atom is -0.507 e. The van der Waals surface area contributed by atoms with Gasteiger partial charge in [-0.1, -0.05) is 36.4 Å². The van der Waals surface area contributed by atoms with E-state index in [9.17, 15) is 28.2 Å². The zero-order valence-corrected chi connectivity index (χ0v) is 13.5. The summed E-state index contributed by atoms with van der Waals surface area (Å²) in [6, 6.07) is 12.8. The zero-order chi connectivity index (χ0) is 19.3. The van der Waals surface area contributed by atoms with E-state index in [4.69, 9.17) is 0 Å². The molecule has 2 N–H and O–H groups in total. The highest BCUT2D eigenvalue weighted by atomic mass is 19.4. The van der Waals surface area contributed by atoms with E-state index in [1.54, 1.807) is 36.4 Å². The molecule has 2 aromatic heterocycles. The van der Waals surface area contributed by atoms with Gasteiger partial charge in [-0.3, -0.25) is 9.36 Å². The summed E-state index contributed by atoms with van der Waals surface area (Å²) in [4.78, 5) is 16.5. The lowest BCUT2D eigenvalue weighted by Gasteiger charge is -2.18. The minimum atomic E-state index is -4.87. The Hall–Kier alpha value is -3.55. The van der Waals surface area contributed by atoms with Crippen LogP contribution in [-0.2, 0) is 6.18 Å². The second kappa shape index (κ2) is 5.73. The summed E-state index contributed by atoms with van der Waals surface area (Å²) in [7, 11) is 0. The number of benzene rings is 2. The maximum Gasteiger partial charge on any atom is 0.431 e. The van der Waals surface area contributed by atoms with Crippen molar-refractivity contribution in [2.75, 3.05) is 0 Å². The van der Waals surface area contributed by atoms with Gasteiger partial charge in [-0.2, -0.15) is 13.2 Å². The Bertz CT molecular complexity index is 1260. The fourth-order valence-corrected chi connectivity index (χ4v) is 3.10. The molecule has 0 fully saturated rings. The van der Waals surface area contributed by atoms with Gasteiger partial charge in [0.15, 0.2) is 0 Å². The number of alkyl halides is 3. The monoisotopic (exact) mass is 372 g/mol. The summed E-state index contributed by atoms with van der Waals surface area (Å²) in [5, 5.41) is 20.1. The van der Waals surface area contributed by atoms with Crippen LogP contribution in [0.15, 0.2) is 59.4 Å². The van der Waals surface area contributed by atoms with Crippen LogP contribution in [0.4, 0.5) is 13.2 Å². The van der Waals surface area contributed by atoms with E-state index in [1.807, 2.05) is 0 Å². The van der Waals surface area contributed by atoms with Crippen molar-refractivity contribution in [1.82, 2.24) is 9.55 Å². The lowest BCUT2D eigenvalue weighted by atomic mass is 10.1. The van der Waals surface area contributed by atoms with Crippen molar-refractivity contribution in [3.63, 3.8) is 0 Å². The number of pyridine rings is 2. The molecule has 0 saturated carbocycles. The van der Waals surface area contributed by atoms with E-state index in [2.05, 4.69) is 4.98 Å². The molecule has 2 aromatic carbocycles. The van der Waals surface area contributed by atoms with Crippen molar-refractivity contribution in [3.8, 4) is 17.3 Å². The highest BCUT2D eigenvalue weighted by molar-refractivity contribution is 5.91. The molecule has 0 saturated heterocycles. The maximum atomic E-state index is 13.7. The van der Waals surface area contributed by atoms with Crippen molar-refractivity contribution in [2.45, 2.75) is 6.18 Å². The largest absolute Gasteiger partial charge is 0.507 e. The van der Waals surface area contributed by atoms with Crippen LogP contribution in [0.25, 0.3) is 27.4 Å². The molecule has 0 atom stereocenters. The molecule has 2 heterocycles. The van der Waals surface area contributed by atoms with Gasteiger partial charge in [-0.15, -0.1) is 0 Å². The molecular weight excluding hydrogens is 361 g/mol. The Labute approximate surface area is 149 Å². The highest BCUT2D eigenvalue weighted by Gasteiger charge is 2.36. The van der Waals surface area contributed by atoms with Crippen LogP contribution in [0, 0.1) is 0 Å². The summed E-state index contributed by atoms with van der Waals surface area (Å²) in [5.41, 5.74) is -2.79. The van der Waals surface area contributed by atoms with Gasteiger partial charge in [-0.25, -0.2) is 4.98 Å². The third kappa shape index (κ3) is 2.66. The van der Waals surface area contributed by atoms with Crippen molar-refractivity contribution in [1.29, 1.82) is 0 Å². The smallest absolute Gasteiger partial charge is 0.431 e. The summed E-state index contributed by atoms with van der Waals surface area (Å²) < 4.78 is 41.7. The quantitative estimate of drug-likeness (QED) is 0.530. The van der Waals surface area contributed by atoms with Gasteiger partial charge in [-0.05, 0) is 17.5 Å². The summed E-state index contributed by atoms with van der Waals surface area (Å²) in [6.07, 6.45) is -4.87. The predicted molar refractivity (Wildman–Crippen MR) is 93.2 cm³/mol. The number of hydrogen-bond donors (Lipinski definition) is 2. The van der Waals surface area contributed by atoms with Crippen molar-refractivity contribution in [2.24, 2.45) is 0 Å². The highest BCUT2D eigenvalue weighted by Crippen LogP contribution is 2.35. The Balaban J connectivity index is 2.23. The lowest BCUT2D eigenvalue weighted by molar-refractivity contribution is -0.142. The first-order chi connectivity index (χ1) is 12.8. The zero-order valence-electron chi connectivity index (χ0n) is 13.5. The Morgan fingerprint density at radius 3 is 2.37 bits per heavy atom. The summed E-state index contributed by atoms with van der Waals surface area (Å²) >= 11 is 0. The number of rotatable bonds is 1. The first kappa shape index (κ1) is 16.9. The lowest BCUT2D eigenvalue weighted by Crippen LogP contribution is -2.27. The van der Waals surface area contributed by atoms with E-state index in [0.717, 1.165) is 6.07 Å². The molecule has 4 rings (SSSR count). The molecule has 0 aliphatic heterocycles. The second-order valence-electron chi connectivity index (χ2n) is 5.93. The third-order valence-corrected chi connectivity index (χ3v) is 4.25. The van der Waals surface area contributed by atoms with Gasteiger partial charge in [0, 0.05) is 11.5 Å². The van der Waals surface area contributed by atoms with Crippen LogP contribution in [-0.4, -0.2) is 19.8 Å². The van der Waals surface area contributed by atoms with E-state index in [0.29, 0.717) is 21.4 Å². The molecule has 0 unspecified atom stereocenters. The molecule has 0 aliphatic carbocycles. The van der Waals surface area contributed by atoms with Gasteiger partial charge >= 0.3 is 6.18 Å². The number of fused-ring (bicyclic) bond motifs is 2. The van der Waals surface area contributed by atoms with E-state index < -0.39 is 34.6 Å². The number of aromatic nitrogens is 2. The van der Waals surface area contributed by atoms with Crippen LogP contribution in [0.1, 0.15) is 5.69 Å². The molecule has 27 heavy (non-hydrogen) atoms. The van der Waals surface area contributed by atoms with Crippen molar-refractivity contribution < 1.29 is 23.4 Å². The minimum absolute atomic E-state index is 0.0250. The number of halogens is 3. The van der Waals surface area contributed by atoms with E-state index >= 15 is 0 Å². The van der Waals surface area contributed by atoms with Gasteiger partial charge in [0.1, 0.15) is 17.0 Å². The molecule has 8 heteroatoms. The fourth-order valence-electron chi connectivity index (χ4n) is 3.10. The van der Waals surface area contributed by atoms with Crippen LogP contribution >= 0.6 is 0 Å². The van der Waals surface area contributed by atoms with E-state index in [-0.39, 0.29) is 11.1 Å². The predicted octanol–water partition coefficient (Wildman–Crippen LogP) is 3.97. The Kier molecular flexibility index (Phi) is 3.59. The molecule has 4 aromatic rings. The fraction of sp³-hybridized carbons (Fsp3) is 0.0526. The molecule has 136 valence electrons. The van der Waals surface area contributed by atoms with Crippen LogP contribution < -0.4 is 5.56 Å². The van der Waals surface area contributed by atoms with Gasteiger partial charge in [0.05, 0.1) is 11.1 Å². The van der Waals surface area contributed by atoms with Crippen LogP contribution in [0.3, 0.4) is 0 Å². The average molecular weight is 372 g/mol. The first-order valence-corrected chi connectivity index (χ1v) is 7.81. The third-order valence-electron chi connectivity index (χ3n) is 4.25. The first-order valence-electron chi connectivity index (χ1n) is 7.81. The second-order valence-corrected chi connectivity index (χ2v) is 5.93. The number of nitrogens with zero attached hydrogens (tertiary/aromatic N) is 2. The normalized spacial score (nSPS) is 12.0. The van der Waals surface area contributed by atoms with Crippen molar-refractivity contribution in [3.05, 3.63) is 70.6 Å². The molecule has 0 amide bonds. The molecule has 0 radical (unpaired) electrons. The number of hydrogen-bond acceptors (Lipinski definition) is 4. The molecule has 0 spiro atoms. The van der Waals surface area contributed by atoms with Crippen LogP contribution in [0.2, 0.25) is 0 Å².